The minimum Gasteiger partial charge on any atom is -0.497 e. The molecule has 1 N–H and O–H groups in total. The molecule has 118 valence electrons. The Bertz CT molecular complexity index is 747. The smallest absolute Gasteiger partial charge is 0.268 e. The highest BCUT2D eigenvalue weighted by Gasteiger charge is 2.29. The zero-order chi connectivity index (χ0) is 16.2. The van der Waals surface area contributed by atoms with Crippen LogP contribution in [0.4, 0.5) is 10.1 Å². The fourth-order valence-electron chi connectivity index (χ4n) is 2.29. The molecule has 6 heteroatoms. The molecule has 5 nitrogen and oxygen atoms in total. The number of amides is 1. The van der Waals surface area contributed by atoms with Crippen molar-refractivity contribution in [1.29, 1.82) is 0 Å². The van der Waals surface area contributed by atoms with Gasteiger partial charge in [-0.2, -0.15) is 0 Å². The molecule has 2 aromatic carbocycles. The highest BCUT2D eigenvalue weighted by atomic mass is 19.1. The van der Waals surface area contributed by atoms with Gasteiger partial charge in [0.2, 0.25) is 6.10 Å². The summed E-state index contributed by atoms with van der Waals surface area (Å²) in [4.78, 5) is 17.4. The van der Waals surface area contributed by atoms with E-state index in [1.54, 1.807) is 0 Å². The normalized spacial score (nSPS) is 16.4. The van der Waals surface area contributed by atoms with E-state index in [1.165, 1.54) is 25.3 Å². The van der Waals surface area contributed by atoms with E-state index in [2.05, 4.69) is 10.5 Å². The lowest BCUT2D eigenvalue weighted by molar-refractivity contribution is -0.125. The molecule has 1 aliphatic heterocycles. The minimum absolute atomic E-state index is 0.309. The van der Waals surface area contributed by atoms with Crippen LogP contribution in [0.5, 0.6) is 5.75 Å². The lowest BCUT2D eigenvalue weighted by Gasteiger charge is -2.10. The van der Waals surface area contributed by atoms with E-state index in [0.717, 1.165) is 5.56 Å². The summed E-state index contributed by atoms with van der Waals surface area (Å²) in [5.74, 6) is -0.547. The van der Waals surface area contributed by atoms with Crippen LogP contribution in [0.2, 0.25) is 0 Å². The van der Waals surface area contributed by atoms with Crippen LogP contribution in [0, 0.1) is 5.82 Å². The van der Waals surface area contributed by atoms with Crippen molar-refractivity contribution in [2.24, 2.45) is 5.16 Å². The number of halogens is 1. The number of carbonyl (C=O) groups excluding carboxylic acids is 1. The van der Waals surface area contributed by atoms with E-state index in [-0.39, 0.29) is 5.91 Å². The summed E-state index contributed by atoms with van der Waals surface area (Å²) in [6, 6.07) is 13.5. The van der Waals surface area contributed by atoms with Gasteiger partial charge in [-0.1, -0.05) is 35.5 Å². The number of hydrogen-bond acceptors (Lipinski definition) is 4. The third kappa shape index (κ3) is 3.48. The van der Waals surface area contributed by atoms with Gasteiger partial charge in [-0.15, -0.1) is 0 Å². The number of oxime groups is 1. The molecule has 0 aromatic heterocycles. The molecule has 0 saturated carbocycles. The number of nitrogens with zero attached hydrogens (tertiary/aromatic N) is 1. The predicted octanol–water partition coefficient (Wildman–Crippen LogP) is 2.97. The summed E-state index contributed by atoms with van der Waals surface area (Å²) in [6.07, 6.45) is -0.373. The van der Waals surface area contributed by atoms with Gasteiger partial charge in [0.05, 0.1) is 12.8 Å². The van der Waals surface area contributed by atoms with Crippen LogP contribution in [-0.2, 0) is 9.63 Å². The van der Waals surface area contributed by atoms with E-state index < -0.39 is 11.9 Å². The number of anilines is 1. The maximum atomic E-state index is 13.4. The lowest BCUT2D eigenvalue weighted by Crippen LogP contribution is -2.28. The molecule has 1 heterocycles. The molecule has 0 fully saturated rings. The Kier molecular flexibility index (Phi) is 4.23. The van der Waals surface area contributed by atoms with Crippen molar-refractivity contribution in [2.45, 2.75) is 12.5 Å². The monoisotopic (exact) mass is 314 g/mol. The van der Waals surface area contributed by atoms with Crippen LogP contribution < -0.4 is 10.1 Å². The third-order valence-corrected chi connectivity index (χ3v) is 3.44. The fourth-order valence-corrected chi connectivity index (χ4v) is 2.29. The average Bonchev–Trinajstić information content (AvgIpc) is 3.05. The quantitative estimate of drug-likeness (QED) is 0.944. The number of benzene rings is 2. The first-order valence-electron chi connectivity index (χ1n) is 7.09. The van der Waals surface area contributed by atoms with Gasteiger partial charge in [-0.3, -0.25) is 4.79 Å². The Labute approximate surface area is 132 Å². The highest BCUT2D eigenvalue weighted by Crippen LogP contribution is 2.22. The Morgan fingerprint density at radius 1 is 1.30 bits per heavy atom. The molecule has 1 aliphatic rings. The van der Waals surface area contributed by atoms with E-state index in [0.29, 0.717) is 23.6 Å². The topological polar surface area (TPSA) is 59.9 Å². The average molecular weight is 314 g/mol. The van der Waals surface area contributed by atoms with Crippen molar-refractivity contribution < 1.29 is 18.8 Å². The standard InChI is InChI=1S/C17H15FN2O3/c1-22-14-8-12(18)7-13(9-14)19-17(21)16-10-15(20-23-16)11-5-3-2-4-6-11/h2-9,16H,10H2,1H3,(H,19,21). The van der Waals surface area contributed by atoms with Gasteiger partial charge in [-0.05, 0) is 11.6 Å². The van der Waals surface area contributed by atoms with Gasteiger partial charge in [0, 0.05) is 24.2 Å². The molecule has 0 aliphatic carbocycles. The second-order valence-corrected chi connectivity index (χ2v) is 5.07. The number of hydrogen-bond donors (Lipinski definition) is 1. The first kappa shape index (κ1) is 15.0. The van der Waals surface area contributed by atoms with Crippen molar-refractivity contribution in [1.82, 2.24) is 0 Å². The van der Waals surface area contributed by atoms with Crippen molar-refractivity contribution >= 4 is 17.3 Å². The second kappa shape index (κ2) is 6.48. The van der Waals surface area contributed by atoms with Gasteiger partial charge < -0.3 is 14.9 Å². The largest absolute Gasteiger partial charge is 0.497 e. The lowest BCUT2D eigenvalue weighted by atomic mass is 10.0. The van der Waals surface area contributed by atoms with Crippen LogP contribution in [0.1, 0.15) is 12.0 Å². The summed E-state index contributed by atoms with van der Waals surface area (Å²) in [6.45, 7) is 0. The number of nitrogens with one attached hydrogen (secondary N) is 1. The molecule has 1 amide bonds. The summed E-state index contributed by atoms with van der Waals surface area (Å²) in [5, 5.41) is 6.57. The molecule has 2 aromatic rings. The van der Waals surface area contributed by atoms with Crippen molar-refractivity contribution in [3.05, 3.63) is 59.9 Å². The minimum atomic E-state index is -0.737. The number of rotatable bonds is 4. The van der Waals surface area contributed by atoms with Crippen molar-refractivity contribution in [2.75, 3.05) is 12.4 Å². The van der Waals surface area contributed by atoms with Crippen LogP contribution in [0.15, 0.2) is 53.7 Å². The van der Waals surface area contributed by atoms with Gasteiger partial charge in [0.1, 0.15) is 11.6 Å². The fraction of sp³-hybridized carbons (Fsp3) is 0.176. The zero-order valence-corrected chi connectivity index (χ0v) is 12.5. The Hall–Kier alpha value is -2.89. The Morgan fingerprint density at radius 3 is 2.83 bits per heavy atom. The first-order valence-corrected chi connectivity index (χ1v) is 7.09. The molecular formula is C17H15FN2O3. The molecule has 3 rings (SSSR count). The highest BCUT2D eigenvalue weighted by molar-refractivity contribution is 6.06. The van der Waals surface area contributed by atoms with E-state index in [4.69, 9.17) is 9.57 Å². The number of carbonyl (C=O) groups is 1. The number of methoxy groups -OCH3 is 1. The van der Waals surface area contributed by atoms with Crippen LogP contribution in [0.3, 0.4) is 0 Å². The summed E-state index contributed by atoms with van der Waals surface area (Å²) < 4.78 is 18.4. The summed E-state index contributed by atoms with van der Waals surface area (Å²) in [7, 11) is 1.43. The Morgan fingerprint density at radius 2 is 2.09 bits per heavy atom. The van der Waals surface area contributed by atoms with Crippen LogP contribution in [0.25, 0.3) is 0 Å². The maximum absolute atomic E-state index is 13.4. The van der Waals surface area contributed by atoms with E-state index in [1.807, 2.05) is 30.3 Å². The molecule has 0 spiro atoms. The van der Waals surface area contributed by atoms with Gasteiger partial charge in [0.15, 0.2) is 0 Å². The van der Waals surface area contributed by atoms with Crippen molar-refractivity contribution in [3.63, 3.8) is 0 Å². The van der Waals surface area contributed by atoms with E-state index in [9.17, 15) is 9.18 Å². The van der Waals surface area contributed by atoms with Crippen LogP contribution in [-0.4, -0.2) is 24.8 Å². The molecule has 1 unspecified atom stereocenters. The summed E-state index contributed by atoms with van der Waals surface area (Å²) in [5.41, 5.74) is 1.93. The molecule has 0 radical (unpaired) electrons. The zero-order valence-electron chi connectivity index (χ0n) is 12.5. The molecule has 23 heavy (non-hydrogen) atoms. The summed E-state index contributed by atoms with van der Waals surface area (Å²) >= 11 is 0. The molecule has 0 saturated heterocycles. The van der Waals surface area contributed by atoms with Gasteiger partial charge in [-0.25, -0.2) is 4.39 Å². The van der Waals surface area contributed by atoms with Gasteiger partial charge in [0.25, 0.3) is 5.91 Å². The maximum Gasteiger partial charge on any atom is 0.268 e. The van der Waals surface area contributed by atoms with Gasteiger partial charge >= 0.3 is 0 Å². The molecule has 1 atom stereocenters. The second-order valence-electron chi connectivity index (χ2n) is 5.07. The molecule has 0 bridgehead atoms. The predicted molar refractivity (Wildman–Crippen MR) is 84.1 cm³/mol. The number of ether oxygens (including phenoxy) is 1. The van der Waals surface area contributed by atoms with Crippen LogP contribution >= 0.6 is 0 Å². The van der Waals surface area contributed by atoms with Crippen molar-refractivity contribution in [3.8, 4) is 5.75 Å². The molecular weight excluding hydrogens is 299 g/mol. The van der Waals surface area contributed by atoms with E-state index >= 15 is 0 Å². The Balaban J connectivity index is 1.66. The SMILES string of the molecule is COc1cc(F)cc(NC(=O)C2CC(c3ccccc3)=NO2)c1. The third-order valence-electron chi connectivity index (χ3n) is 3.44. The first-order chi connectivity index (χ1) is 11.2.